The van der Waals surface area contributed by atoms with E-state index in [1.165, 1.54) is 24.1 Å². The molecule has 8 nitrogen and oxygen atoms in total. The molecule has 1 unspecified atom stereocenters. The van der Waals surface area contributed by atoms with Crippen LogP contribution >= 0.6 is 15.9 Å². The van der Waals surface area contributed by atoms with Gasteiger partial charge in [0.25, 0.3) is 10.0 Å². The number of amides is 2. The third kappa shape index (κ3) is 7.35. The van der Waals surface area contributed by atoms with Crippen molar-refractivity contribution < 1.29 is 22.7 Å². The molecule has 0 aromatic heterocycles. The standard InChI is InChI=1S/C28H32BrN3O5S/c1-20(2)30-28(34)21(3)31(18-22-10-8-11-23(29)16-22)27(33)19-32(24-12-9-13-25(17-24)37-4)38(35,36)26-14-6-5-7-15-26/h5-17,20-21H,18-19H2,1-4H3,(H,30,34). The van der Waals surface area contributed by atoms with E-state index >= 15 is 0 Å². The second-order valence-corrected chi connectivity index (χ2v) is 11.8. The van der Waals surface area contributed by atoms with Crippen molar-refractivity contribution in [2.45, 2.75) is 44.3 Å². The van der Waals surface area contributed by atoms with E-state index in [1.807, 2.05) is 38.1 Å². The highest BCUT2D eigenvalue weighted by molar-refractivity contribution is 9.10. The molecular formula is C28H32BrN3O5S. The molecule has 1 N–H and O–H groups in total. The van der Waals surface area contributed by atoms with Gasteiger partial charge in [0.1, 0.15) is 18.3 Å². The number of carbonyl (C=O) groups is 2. The fraction of sp³-hybridized carbons (Fsp3) is 0.286. The second kappa shape index (κ2) is 12.9. The summed E-state index contributed by atoms with van der Waals surface area (Å²) in [5, 5.41) is 2.84. The van der Waals surface area contributed by atoms with Gasteiger partial charge in [0.15, 0.2) is 0 Å². The predicted octanol–water partition coefficient (Wildman–Crippen LogP) is 4.59. The first-order chi connectivity index (χ1) is 18.0. The summed E-state index contributed by atoms with van der Waals surface area (Å²) in [5.74, 6) is -0.417. The molecule has 2 amide bonds. The molecule has 1 atom stereocenters. The van der Waals surface area contributed by atoms with Crippen molar-refractivity contribution in [1.29, 1.82) is 0 Å². The Morgan fingerprint density at radius 2 is 1.63 bits per heavy atom. The number of hydrogen-bond donors (Lipinski definition) is 1. The van der Waals surface area contributed by atoms with Crippen molar-refractivity contribution in [2.75, 3.05) is 18.0 Å². The highest BCUT2D eigenvalue weighted by atomic mass is 79.9. The molecule has 0 heterocycles. The monoisotopic (exact) mass is 601 g/mol. The molecule has 0 saturated heterocycles. The first-order valence-electron chi connectivity index (χ1n) is 12.1. The minimum atomic E-state index is -4.13. The van der Waals surface area contributed by atoms with Gasteiger partial charge < -0.3 is 15.0 Å². The van der Waals surface area contributed by atoms with E-state index in [1.54, 1.807) is 49.4 Å². The largest absolute Gasteiger partial charge is 0.497 e. The Morgan fingerprint density at radius 1 is 0.947 bits per heavy atom. The summed E-state index contributed by atoms with van der Waals surface area (Å²) in [6.45, 7) is 4.90. The van der Waals surface area contributed by atoms with Crippen LogP contribution in [0.4, 0.5) is 5.69 Å². The normalized spacial score (nSPS) is 12.1. The van der Waals surface area contributed by atoms with Crippen LogP contribution in [0, 0.1) is 0 Å². The summed E-state index contributed by atoms with van der Waals surface area (Å²) >= 11 is 3.44. The summed E-state index contributed by atoms with van der Waals surface area (Å²) in [6, 6.07) is 20.8. The minimum Gasteiger partial charge on any atom is -0.497 e. The lowest BCUT2D eigenvalue weighted by Crippen LogP contribution is -2.52. The molecule has 3 aromatic rings. The smallest absolute Gasteiger partial charge is 0.264 e. The second-order valence-electron chi connectivity index (χ2n) is 9.02. The molecule has 0 aliphatic carbocycles. The fourth-order valence-electron chi connectivity index (χ4n) is 3.83. The Morgan fingerprint density at radius 3 is 2.26 bits per heavy atom. The van der Waals surface area contributed by atoms with E-state index in [0.29, 0.717) is 5.75 Å². The molecule has 0 fully saturated rings. The van der Waals surface area contributed by atoms with Gasteiger partial charge in [-0.25, -0.2) is 8.42 Å². The van der Waals surface area contributed by atoms with Crippen LogP contribution in [0.2, 0.25) is 0 Å². The van der Waals surface area contributed by atoms with Crippen LogP contribution in [0.25, 0.3) is 0 Å². The lowest BCUT2D eigenvalue weighted by atomic mass is 10.1. The maximum Gasteiger partial charge on any atom is 0.264 e. The number of ether oxygens (including phenoxy) is 1. The van der Waals surface area contributed by atoms with Crippen molar-refractivity contribution >= 4 is 43.5 Å². The molecule has 0 bridgehead atoms. The quantitative estimate of drug-likeness (QED) is 0.347. The Hall–Kier alpha value is -3.37. The van der Waals surface area contributed by atoms with E-state index in [9.17, 15) is 18.0 Å². The summed E-state index contributed by atoms with van der Waals surface area (Å²) in [6.07, 6.45) is 0. The Balaban J connectivity index is 2.04. The van der Waals surface area contributed by atoms with Gasteiger partial charge in [0.05, 0.1) is 17.7 Å². The van der Waals surface area contributed by atoms with Gasteiger partial charge in [0.2, 0.25) is 11.8 Å². The van der Waals surface area contributed by atoms with E-state index in [0.717, 1.165) is 14.3 Å². The van der Waals surface area contributed by atoms with Crippen LogP contribution in [0.3, 0.4) is 0 Å². The first-order valence-corrected chi connectivity index (χ1v) is 14.3. The highest BCUT2D eigenvalue weighted by Gasteiger charge is 2.32. The summed E-state index contributed by atoms with van der Waals surface area (Å²) < 4.78 is 34.7. The zero-order chi connectivity index (χ0) is 27.9. The molecule has 0 aliphatic rings. The number of nitrogens with one attached hydrogen (secondary N) is 1. The minimum absolute atomic E-state index is 0.0414. The number of nitrogens with zero attached hydrogens (tertiary/aromatic N) is 2. The van der Waals surface area contributed by atoms with Crippen LogP contribution < -0.4 is 14.4 Å². The number of halogens is 1. The molecule has 0 radical (unpaired) electrons. The van der Waals surface area contributed by atoms with Gasteiger partial charge in [0, 0.05) is 23.1 Å². The lowest BCUT2D eigenvalue weighted by molar-refractivity contribution is -0.139. The van der Waals surface area contributed by atoms with Crippen LogP contribution in [0.5, 0.6) is 5.75 Å². The van der Waals surface area contributed by atoms with Crippen molar-refractivity contribution in [3.63, 3.8) is 0 Å². The third-order valence-electron chi connectivity index (χ3n) is 5.79. The third-order valence-corrected chi connectivity index (χ3v) is 8.07. The molecule has 38 heavy (non-hydrogen) atoms. The summed E-state index contributed by atoms with van der Waals surface area (Å²) in [7, 11) is -2.65. The average Bonchev–Trinajstić information content (AvgIpc) is 2.90. The van der Waals surface area contributed by atoms with E-state index in [4.69, 9.17) is 4.74 Å². The number of carbonyl (C=O) groups excluding carboxylic acids is 2. The molecule has 3 rings (SSSR count). The first kappa shape index (κ1) is 29.2. The molecule has 0 aliphatic heterocycles. The summed E-state index contributed by atoms with van der Waals surface area (Å²) in [5.41, 5.74) is 1.05. The van der Waals surface area contributed by atoms with Crippen molar-refractivity contribution in [3.05, 3.63) is 88.9 Å². The van der Waals surface area contributed by atoms with E-state index in [-0.39, 0.29) is 29.1 Å². The highest BCUT2D eigenvalue weighted by Crippen LogP contribution is 2.27. The fourth-order valence-corrected chi connectivity index (χ4v) is 5.71. The Bertz CT molecular complexity index is 1370. The van der Waals surface area contributed by atoms with Crippen molar-refractivity contribution in [2.24, 2.45) is 0 Å². The molecule has 0 spiro atoms. The van der Waals surface area contributed by atoms with Crippen LogP contribution in [-0.4, -0.2) is 50.9 Å². The van der Waals surface area contributed by atoms with Gasteiger partial charge in [-0.15, -0.1) is 0 Å². The lowest BCUT2D eigenvalue weighted by Gasteiger charge is -2.32. The van der Waals surface area contributed by atoms with Crippen molar-refractivity contribution in [3.8, 4) is 5.75 Å². The van der Waals surface area contributed by atoms with Gasteiger partial charge >= 0.3 is 0 Å². The van der Waals surface area contributed by atoms with Gasteiger partial charge in [-0.1, -0.05) is 52.3 Å². The summed E-state index contributed by atoms with van der Waals surface area (Å²) in [4.78, 5) is 28.3. The molecule has 3 aromatic carbocycles. The SMILES string of the molecule is COc1cccc(N(CC(=O)N(Cc2cccc(Br)c2)C(C)C(=O)NC(C)C)S(=O)(=O)c2ccccc2)c1. The van der Waals surface area contributed by atoms with Crippen LogP contribution in [0.1, 0.15) is 26.3 Å². The number of benzene rings is 3. The molecular weight excluding hydrogens is 570 g/mol. The zero-order valence-corrected chi connectivity index (χ0v) is 24.2. The van der Waals surface area contributed by atoms with Crippen LogP contribution in [-0.2, 0) is 26.2 Å². The van der Waals surface area contributed by atoms with Gasteiger partial charge in [-0.05, 0) is 62.7 Å². The molecule has 0 saturated carbocycles. The maximum absolute atomic E-state index is 13.9. The number of anilines is 1. The number of hydrogen-bond acceptors (Lipinski definition) is 5. The van der Waals surface area contributed by atoms with E-state index < -0.39 is 28.5 Å². The number of methoxy groups -OCH3 is 1. The predicted molar refractivity (Wildman–Crippen MR) is 151 cm³/mol. The number of rotatable bonds is 11. The van der Waals surface area contributed by atoms with E-state index in [2.05, 4.69) is 21.2 Å². The van der Waals surface area contributed by atoms with Crippen molar-refractivity contribution in [1.82, 2.24) is 10.2 Å². The molecule has 202 valence electrons. The van der Waals surface area contributed by atoms with Gasteiger partial charge in [-0.2, -0.15) is 0 Å². The Labute approximate surface area is 232 Å². The van der Waals surface area contributed by atoms with Crippen LogP contribution in [0.15, 0.2) is 88.2 Å². The van der Waals surface area contributed by atoms with Gasteiger partial charge in [-0.3, -0.25) is 13.9 Å². The Kier molecular flexibility index (Phi) is 9.93. The topological polar surface area (TPSA) is 96.0 Å². The maximum atomic E-state index is 13.9. The zero-order valence-electron chi connectivity index (χ0n) is 21.8. The molecule has 10 heteroatoms. The average molecular weight is 603 g/mol. The number of sulfonamides is 1.